The highest BCUT2D eigenvalue weighted by Crippen LogP contribution is 2.33. The molecule has 0 spiro atoms. The summed E-state index contributed by atoms with van der Waals surface area (Å²) in [5, 5.41) is 3.09. The van der Waals surface area contributed by atoms with Gasteiger partial charge in [0.1, 0.15) is 24.1 Å². The van der Waals surface area contributed by atoms with Crippen molar-refractivity contribution in [2.75, 3.05) is 31.6 Å². The molecular weight excluding hydrogens is 554 g/mol. The SMILES string of the molecule is COc1ccc(S(=O)(=O)N(CC(=O)N(CCc2ccccc2)[C@@H](C)C(=O)NC2CCCC2)c2ccccc2OC)cc1. The van der Waals surface area contributed by atoms with Crippen LogP contribution in [0.1, 0.15) is 38.2 Å². The standard InChI is InChI=1S/C32H39N3O6S/c1-24(32(37)33-26-13-7-8-14-26)34(22-21-25-11-5-4-6-12-25)31(36)23-35(29-15-9-10-16-30(29)41-3)42(38,39)28-19-17-27(40-2)18-20-28/h4-6,9-12,15-20,24,26H,7-8,13-14,21-23H2,1-3H3,(H,33,37)/t24-/m0/s1. The number of hydrogen-bond donors (Lipinski definition) is 1. The van der Waals surface area contributed by atoms with E-state index in [4.69, 9.17) is 9.47 Å². The smallest absolute Gasteiger partial charge is 0.264 e. The van der Waals surface area contributed by atoms with Crippen LogP contribution < -0.4 is 19.1 Å². The van der Waals surface area contributed by atoms with Crippen molar-refractivity contribution in [3.8, 4) is 11.5 Å². The predicted octanol–water partition coefficient (Wildman–Crippen LogP) is 4.42. The molecule has 10 heteroatoms. The number of ether oxygens (including phenoxy) is 2. The Labute approximate surface area is 248 Å². The largest absolute Gasteiger partial charge is 0.497 e. The van der Waals surface area contributed by atoms with E-state index in [9.17, 15) is 18.0 Å². The molecular formula is C32H39N3O6S. The molecule has 1 fully saturated rings. The first-order valence-corrected chi connectivity index (χ1v) is 15.6. The molecule has 42 heavy (non-hydrogen) atoms. The van der Waals surface area contributed by atoms with E-state index < -0.39 is 28.5 Å². The van der Waals surface area contributed by atoms with Gasteiger partial charge in [-0.15, -0.1) is 0 Å². The summed E-state index contributed by atoms with van der Waals surface area (Å²) in [5.41, 5.74) is 1.22. The number of para-hydroxylation sites is 2. The van der Waals surface area contributed by atoms with E-state index in [0.717, 1.165) is 35.6 Å². The number of nitrogens with one attached hydrogen (secondary N) is 1. The Balaban J connectivity index is 1.67. The number of methoxy groups -OCH3 is 2. The number of benzene rings is 3. The topological polar surface area (TPSA) is 105 Å². The van der Waals surface area contributed by atoms with E-state index in [2.05, 4.69) is 5.32 Å². The zero-order valence-corrected chi connectivity index (χ0v) is 25.2. The molecule has 1 aliphatic carbocycles. The summed E-state index contributed by atoms with van der Waals surface area (Å²) in [5.74, 6) is 0.0569. The normalized spacial score (nSPS) is 14.2. The number of hydrogen-bond acceptors (Lipinski definition) is 6. The fourth-order valence-corrected chi connectivity index (χ4v) is 6.61. The number of carbonyl (C=O) groups is 2. The summed E-state index contributed by atoms with van der Waals surface area (Å²) in [6, 6.07) is 21.6. The van der Waals surface area contributed by atoms with Crippen LogP contribution in [0.15, 0.2) is 83.8 Å². The zero-order chi connectivity index (χ0) is 30.1. The molecule has 0 saturated heterocycles. The minimum absolute atomic E-state index is 0.00938. The molecule has 1 aliphatic rings. The number of anilines is 1. The van der Waals surface area contributed by atoms with E-state index in [1.54, 1.807) is 43.3 Å². The zero-order valence-electron chi connectivity index (χ0n) is 24.4. The van der Waals surface area contributed by atoms with Gasteiger partial charge in [-0.2, -0.15) is 0 Å². The van der Waals surface area contributed by atoms with Gasteiger partial charge in [-0.25, -0.2) is 8.42 Å². The second kappa shape index (κ2) is 14.2. The van der Waals surface area contributed by atoms with Crippen molar-refractivity contribution < 1.29 is 27.5 Å². The van der Waals surface area contributed by atoms with Crippen molar-refractivity contribution in [1.82, 2.24) is 10.2 Å². The van der Waals surface area contributed by atoms with Crippen molar-refractivity contribution in [1.29, 1.82) is 0 Å². The summed E-state index contributed by atoms with van der Waals surface area (Å²) in [7, 11) is -1.28. The fraction of sp³-hybridized carbons (Fsp3) is 0.375. The molecule has 9 nitrogen and oxygen atoms in total. The molecule has 0 aromatic heterocycles. The maximum Gasteiger partial charge on any atom is 0.264 e. The Morgan fingerprint density at radius 2 is 1.55 bits per heavy atom. The molecule has 3 aromatic rings. The molecule has 1 atom stereocenters. The lowest BCUT2D eigenvalue weighted by molar-refractivity contribution is -0.139. The lowest BCUT2D eigenvalue weighted by Crippen LogP contribution is -2.53. The summed E-state index contributed by atoms with van der Waals surface area (Å²) in [4.78, 5) is 28.9. The number of carbonyl (C=O) groups excluding carboxylic acids is 2. The lowest BCUT2D eigenvalue weighted by Gasteiger charge is -2.32. The van der Waals surface area contributed by atoms with Crippen molar-refractivity contribution in [2.45, 2.75) is 56.0 Å². The molecule has 4 rings (SSSR count). The number of amides is 2. The van der Waals surface area contributed by atoms with Crippen LogP contribution in [0.2, 0.25) is 0 Å². The van der Waals surface area contributed by atoms with Crippen molar-refractivity contribution >= 4 is 27.5 Å². The Kier molecular flexibility index (Phi) is 10.5. The average Bonchev–Trinajstić information content (AvgIpc) is 3.53. The monoisotopic (exact) mass is 593 g/mol. The Morgan fingerprint density at radius 1 is 0.905 bits per heavy atom. The van der Waals surface area contributed by atoms with Crippen LogP contribution >= 0.6 is 0 Å². The van der Waals surface area contributed by atoms with Gasteiger partial charge in [0.15, 0.2) is 0 Å². The van der Waals surface area contributed by atoms with Crippen LogP contribution in [0.3, 0.4) is 0 Å². The van der Waals surface area contributed by atoms with Gasteiger partial charge in [0.05, 0.1) is 24.8 Å². The van der Waals surface area contributed by atoms with E-state index in [-0.39, 0.29) is 29.1 Å². The highest BCUT2D eigenvalue weighted by atomic mass is 32.2. The molecule has 0 radical (unpaired) electrons. The second-order valence-electron chi connectivity index (χ2n) is 10.3. The van der Waals surface area contributed by atoms with Crippen LogP contribution in [0, 0.1) is 0 Å². The first-order chi connectivity index (χ1) is 20.2. The number of sulfonamides is 1. The number of nitrogens with zero attached hydrogens (tertiary/aromatic N) is 2. The van der Waals surface area contributed by atoms with Gasteiger partial charge in [-0.1, -0.05) is 55.3 Å². The van der Waals surface area contributed by atoms with Gasteiger partial charge < -0.3 is 19.7 Å². The molecule has 0 bridgehead atoms. The van der Waals surface area contributed by atoms with Crippen LogP contribution in [0.5, 0.6) is 11.5 Å². The van der Waals surface area contributed by atoms with Gasteiger partial charge in [0, 0.05) is 12.6 Å². The van der Waals surface area contributed by atoms with Crippen molar-refractivity contribution in [2.24, 2.45) is 0 Å². The van der Waals surface area contributed by atoms with E-state index in [1.165, 1.54) is 31.3 Å². The molecule has 3 aromatic carbocycles. The third-order valence-electron chi connectivity index (χ3n) is 7.63. The lowest BCUT2D eigenvalue weighted by atomic mass is 10.1. The van der Waals surface area contributed by atoms with E-state index >= 15 is 0 Å². The third kappa shape index (κ3) is 7.42. The third-order valence-corrected chi connectivity index (χ3v) is 9.41. The Bertz CT molecular complexity index is 1440. The van der Waals surface area contributed by atoms with Gasteiger partial charge in [0.25, 0.3) is 10.0 Å². The maximum absolute atomic E-state index is 14.1. The summed E-state index contributed by atoms with van der Waals surface area (Å²) in [6.45, 7) is 1.41. The van der Waals surface area contributed by atoms with Crippen LogP contribution in [0.25, 0.3) is 0 Å². The Morgan fingerprint density at radius 3 is 2.19 bits per heavy atom. The number of rotatable bonds is 13. The highest BCUT2D eigenvalue weighted by molar-refractivity contribution is 7.92. The molecule has 0 heterocycles. The predicted molar refractivity (Wildman–Crippen MR) is 162 cm³/mol. The minimum atomic E-state index is -4.22. The molecule has 0 aliphatic heterocycles. The molecule has 224 valence electrons. The first kappa shape index (κ1) is 30.9. The first-order valence-electron chi connectivity index (χ1n) is 14.2. The van der Waals surface area contributed by atoms with E-state index in [0.29, 0.717) is 17.9 Å². The van der Waals surface area contributed by atoms with Crippen LogP contribution in [0.4, 0.5) is 5.69 Å². The maximum atomic E-state index is 14.1. The molecule has 0 unspecified atom stereocenters. The average molecular weight is 594 g/mol. The van der Waals surface area contributed by atoms with Gasteiger partial charge in [0.2, 0.25) is 11.8 Å². The highest BCUT2D eigenvalue weighted by Gasteiger charge is 2.34. The van der Waals surface area contributed by atoms with Crippen LogP contribution in [-0.4, -0.2) is 64.5 Å². The summed E-state index contributed by atoms with van der Waals surface area (Å²) < 4.78 is 39.8. The Hall–Kier alpha value is -4.05. The van der Waals surface area contributed by atoms with Gasteiger partial charge in [-0.05, 0) is 68.1 Å². The van der Waals surface area contributed by atoms with Crippen LogP contribution in [-0.2, 0) is 26.0 Å². The second-order valence-corrected chi connectivity index (χ2v) is 12.2. The molecule has 1 saturated carbocycles. The van der Waals surface area contributed by atoms with E-state index in [1.807, 2.05) is 30.3 Å². The summed E-state index contributed by atoms with van der Waals surface area (Å²) >= 11 is 0. The van der Waals surface area contributed by atoms with Crippen molar-refractivity contribution in [3.63, 3.8) is 0 Å². The summed E-state index contributed by atoms with van der Waals surface area (Å²) in [6.07, 6.45) is 4.46. The minimum Gasteiger partial charge on any atom is -0.497 e. The molecule has 1 N–H and O–H groups in total. The van der Waals surface area contributed by atoms with Gasteiger partial charge >= 0.3 is 0 Å². The van der Waals surface area contributed by atoms with Crippen molar-refractivity contribution in [3.05, 3.63) is 84.4 Å². The quantitative estimate of drug-likeness (QED) is 0.315. The fourth-order valence-electron chi connectivity index (χ4n) is 5.19. The van der Waals surface area contributed by atoms with Gasteiger partial charge in [-0.3, -0.25) is 13.9 Å². The molecule has 2 amide bonds.